The molecular formula is C15H10ClNTe. The van der Waals surface area contributed by atoms with E-state index in [1.54, 1.807) is 0 Å². The third kappa shape index (κ3) is 2.52. The fraction of sp³-hybridized carbons (Fsp3) is 0. The van der Waals surface area contributed by atoms with Crippen molar-refractivity contribution < 1.29 is 0 Å². The Morgan fingerprint density at radius 2 is 1.78 bits per heavy atom. The van der Waals surface area contributed by atoms with Crippen molar-refractivity contribution in [1.29, 1.82) is 0 Å². The van der Waals surface area contributed by atoms with Gasteiger partial charge in [-0.25, -0.2) is 0 Å². The molecular weight excluding hydrogens is 357 g/mol. The number of fused-ring (bicyclic) bond motifs is 1. The standard InChI is InChI=1S/C15H10ClNTe/c16-11-6-7-13-14(10-11)17-9-8-15(13)18-12-4-2-1-3-5-12/h1-10H. The Labute approximate surface area is 121 Å². The molecule has 1 aromatic heterocycles. The molecule has 3 heteroatoms. The van der Waals surface area contributed by atoms with Crippen LogP contribution in [0.3, 0.4) is 0 Å². The van der Waals surface area contributed by atoms with Crippen LogP contribution in [0.4, 0.5) is 0 Å². The first-order valence-electron chi connectivity index (χ1n) is 5.60. The van der Waals surface area contributed by atoms with Crippen molar-refractivity contribution in [1.82, 2.24) is 4.98 Å². The van der Waals surface area contributed by atoms with Crippen LogP contribution >= 0.6 is 11.6 Å². The van der Waals surface area contributed by atoms with Gasteiger partial charge >= 0.3 is 121 Å². The van der Waals surface area contributed by atoms with Crippen LogP contribution in [0.15, 0.2) is 60.8 Å². The van der Waals surface area contributed by atoms with Gasteiger partial charge in [0.25, 0.3) is 0 Å². The van der Waals surface area contributed by atoms with Crippen molar-refractivity contribution in [2.24, 2.45) is 0 Å². The van der Waals surface area contributed by atoms with Gasteiger partial charge in [-0.2, -0.15) is 0 Å². The zero-order valence-corrected chi connectivity index (χ0v) is 12.6. The zero-order valence-electron chi connectivity index (χ0n) is 9.51. The van der Waals surface area contributed by atoms with Crippen molar-refractivity contribution in [2.75, 3.05) is 0 Å². The van der Waals surface area contributed by atoms with Gasteiger partial charge < -0.3 is 0 Å². The summed E-state index contributed by atoms with van der Waals surface area (Å²) in [7, 11) is 0. The molecule has 0 aliphatic heterocycles. The predicted molar refractivity (Wildman–Crippen MR) is 78.2 cm³/mol. The molecule has 0 N–H and O–H groups in total. The molecule has 3 rings (SSSR count). The quantitative estimate of drug-likeness (QED) is 0.635. The molecule has 1 heterocycles. The first-order valence-corrected chi connectivity index (χ1v) is 8.31. The van der Waals surface area contributed by atoms with Gasteiger partial charge in [0.15, 0.2) is 0 Å². The number of hydrogen-bond acceptors (Lipinski definition) is 1. The van der Waals surface area contributed by atoms with Crippen molar-refractivity contribution in [3.05, 3.63) is 65.8 Å². The summed E-state index contributed by atoms with van der Waals surface area (Å²) in [5.74, 6) is 0. The van der Waals surface area contributed by atoms with Gasteiger partial charge in [0.1, 0.15) is 0 Å². The average molecular weight is 367 g/mol. The van der Waals surface area contributed by atoms with Crippen LogP contribution in [-0.4, -0.2) is 25.9 Å². The topological polar surface area (TPSA) is 12.9 Å². The maximum atomic E-state index is 6.00. The monoisotopic (exact) mass is 369 g/mol. The van der Waals surface area contributed by atoms with Crippen LogP contribution in [0, 0.1) is 0 Å². The molecule has 3 aromatic rings. The summed E-state index contributed by atoms with van der Waals surface area (Å²) in [5, 5.41) is 1.97. The zero-order chi connectivity index (χ0) is 12.4. The van der Waals surface area contributed by atoms with Crippen molar-refractivity contribution in [3.8, 4) is 0 Å². The summed E-state index contributed by atoms with van der Waals surface area (Å²) in [6.07, 6.45) is 1.88. The van der Waals surface area contributed by atoms with E-state index >= 15 is 0 Å². The first-order chi connectivity index (χ1) is 8.83. The second-order valence-corrected chi connectivity index (χ2v) is 7.51. The molecule has 0 unspecified atom stereocenters. The normalized spacial score (nSPS) is 10.7. The molecule has 0 fully saturated rings. The van der Waals surface area contributed by atoms with E-state index in [2.05, 4.69) is 47.4 Å². The molecule has 1 nitrogen and oxygen atoms in total. The van der Waals surface area contributed by atoms with Gasteiger partial charge in [-0.15, -0.1) is 0 Å². The number of hydrogen-bond donors (Lipinski definition) is 0. The maximum absolute atomic E-state index is 6.00. The van der Waals surface area contributed by atoms with E-state index in [0.717, 1.165) is 10.5 Å². The number of rotatable bonds is 2. The molecule has 88 valence electrons. The Balaban J connectivity index is 2.07. The summed E-state index contributed by atoms with van der Waals surface area (Å²) >= 11 is 5.64. The molecule has 0 radical (unpaired) electrons. The van der Waals surface area contributed by atoms with Gasteiger partial charge in [0, 0.05) is 0 Å². The molecule has 0 atom stereocenters. The Bertz CT molecular complexity index is 682. The number of nitrogens with zero attached hydrogens (tertiary/aromatic N) is 1. The number of benzene rings is 2. The van der Waals surface area contributed by atoms with Crippen LogP contribution in [-0.2, 0) is 0 Å². The summed E-state index contributed by atoms with van der Waals surface area (Å²) in [4.78, 5) is 4.38. The third-order valence-corrected chi connectivity index (χ3v) is 5.96. The fourth-order valence-electron chi connectivity index (χ4n) is 1.80. The van der Waals surface area contributed by atoms with Gasteiger partial charge in [-0.1, -0.05) is 0 Å². The van der Waals surface area contributed by atoms with Crippen LogP contribution in [0.1, 0.15) is 0 Å². The van der Waals surface area contributed by atoms with E-state index in [1.165, 1.54) is 12.6 Å². The Morgan fingerprint density at radius 1 is 0.944 bits per heavy atom. The molecule has 2 aromatic carbocycles. The average Bonchev–Trinajstić information content (AvgIpc) is 2.40. The van der Waals surface area contributed by atoms with Crippen LogP contribution in [0.2, 0.25) is 5.02 Å². The van der Waals surface area contributed by atoms with Gasteiger partial charge in [-0.3, -0.25) is 0 Å². The molecule has 0 aliphatic rings. The second-order valence-electron chi connectivity index (χ2n) is 3.89. The molecule has 18 heavy (non-hydrogen) atoms. The molecule has 0 aliphatic carbocycles. The van der Waals surface area contributed by atoms with Gasteiger partial charge in [0.2, 0.25) is 0 Å². The molecule has 0 saturated carbocycles. The SMILES string of the molecule is Clc1ccc2c([Te]c3ccccc3)ccnc2c1. The Morgan fingerprint density at radius 3 is 2.61 bits per heavy atom. The van der Waals surface area contributed by atoms with Crippen LogP contribution < -0.4 is 7.22 Å². The minimum atomic E-state index is -0.364. The number of halogens is 1. The molecule has 0 bridgehead atoms. The van der Waals surface area contributed by atoms with Crippen LogP contribution in [0.25, 0.3) is 10.9 Å². The summed E-state index contributed by atoms with van der Waals surface area (Å²) in [5.41, 5.74) is 0.987. The Hall–Kier alpha value is -1.07. The first kappa shape index (κ1) is 12.0. The fourth-order valence-corrected chi connectivity index (χ4v) is 4.70. The van der Waals surface area contributed by atoms with Crippen molar-refractivity contribution in [2.45, 2.75) is 0 Å². The third-order valence-electron chi connectivity index (χ3n) is 2.64. The van der Waals surface area contributed by atoms with E-state index < -0.39 is 0 Å². The van der Waals surface area contributed by atoms with Crippen molar-refractivity contribution in [3.63, 3.8) is 0 Å². The predicted octanol–water partition coefficient (Wildman–Crippen LogP) is 2.54. The number of aromatic nitrogens is 1. The Kier molecular flexibility index (Phi) is 3.52. The van der Waals surface area contributed by atoms with Crippen molar-refractivity contribution >= 4 is 50.6 Å². The summed E-state index contributed by atoms with van der Waals surface area (Å²) in [6.45, 7) is 0. The minimum absolute atomic E-state index is 0.364. The molecule has 0 saturated heterocycles. The molecule has 0 spiro atoms. The number of pyridine rings is 1. The molecule has 0 amide bonds. The van der Waals surface area contributed by atoms with E-state index in [1.807, 2.05) is 18.3 Å². The van der Waals surface area contributed by atoms with Gasteiger partial charge in [-0.05, 0) is 0 Å². The van der Waals surface area contributed by atoms with Gasteiger partial charge in [0.05, 0.1) is 0 Å². The van der Waals surface area contributed by atoms with E-state index in [-0.39, 0.29) is 20.9 Å². The van der Waals surface area contributed by atoms with E-state index in [9.17, 15) is 0 Å². The van der Waals surface area contributed by atoms with E-state index in [0.29, 0.717) is 0 Å². The van der Waals surface area contributed by atoms with Crippen LogP contribution in [0.5, 0.6) is 0 Å². The summed E-state index contributed by atoms with van der Waals surface area (Å²) < 4.78 is 2.85. The summed E-state index contributed by atoms with van der Waals surface area (Å²) in [6, 6.07) is 18.7. The van der Waals surface area contributed by atoms with E-state index in [4.69, 9.17) is 11.6 Å². The second kappa shape index (κ2) is 5.28.